The Hall–Kier alpha value is -4.96. The fraction of sp³-hybridized carbons (Fsp3) is 0.350. The zero-order valence-corrected chi connectivity index (χ0v) is 32.0. The minimum atomic E-state index is -0.933. The summed E-state index contributed by atoms with van der Waals surface area (Å²) >= 11 is 12.7. The quantitative estimate of drug-likeness (QED) is 0.0419. The molecule has 0 amide bonds. The Bertz CT molecular complexity index is 1750. The summed E-state index contributed by atoms with van der Waals surface area (Å²) in [5.41, 5.74) is 0.391. The van der Waals surface area contributed by atoms with Gasteiger partial charge < -0.3 is 48.1 Å². The summed E-state index contributed by atoms with van der Waals surface area (Å²) in [4.78, 5) is 47.5. The fourth-order valence-electron chi connectivity index (χ4n) is 4.38. The standard InChI is InChI=1S/C40H44Cl2O14/c1-3-37(45)53-25-29(43)23-49-17-5-7-19-51-35-15-11-28(21-33(35)41)40(48)55-31-12-9-27(10-13-31)39(47)56-32-14-16-36(34(42)22-32)52-20-8-6-18-50-24-30(44)26-54-38(46)4-2/h3-4,9-16,21-22,29-30,43-44H,1-2,5-8,17-20,23-26H2. The van der Waals surface area contributed by atoms with Crippen molar-refractivity contribution in [3.05, 3.63) is 107 Å². The van der Waals surface area contributed by atoms with E-state index < -0.39 is 36.1 Å². The van der Waals surface area contributed by atoms with Gasteiger partial charge in [0.1, 0.15) is 48.4 Å². The molecular formula is C40H44Cl2O14. The minimum Gasteiger partial charge on any atom is -0.492 e. The van der Waals surface area contributed by atoms with Gasteiger partial charge in [0.2, 0.25) is 0 Å². The Morgan fingerprint density at radius 1 is 0.571 bits per heavy atom. The van der Waals surface area contributed by atoms with Crippen molar-refractivity contribution in [3.63, 3.8) is 0 Å². The van der Waals surface area contributed by atoms with E-state index >= 15 is 0 Å². The number of ether oxygens (including phenoxy) is 8. The lowest BCUT2D eigenvalue weighted by molar-refractivity contribution is -0.142. The predicted molar refractivity (Wildman–Crippen MR) is 205 cm³/mol. The zero-order valence-electron chi connectivity index (χ0n) is 30.5. The SMILES string of the molecule is C=CC(=O)OCC(O)COCCCCOc1ccc(OC(=O)c2ccc(OC(=O)c3ccc(OCCCCOCC(O)COC(=O)C=C)c(Cl)c3)cc2)cc1Cl. The van der Waals surface area contributed by atoms with Gasteiger partial charge in [0, 0.05) is 31.4 Å². The van der Waals surface area contributed by atoms with Crippen molar-refractivity contribution < 1.29 is 67.3 Å². The van der Waals surface area contributed by atoms with Crippen LogP contribution in [0.25, 0.3) is 0 Å². The van der Waals surface area contributed by atoms with E-state index in [1.54, 1.807) is 18.2 Å². The first-order valence-corrected chi connectivity index (χ1v) is 18.2. The molecule has 0 fully saturated rings. The molecule has 3 aromatic rings. The van der Waals surface area contributed by atoms with Gasteiger partial charge >= 0.3 is 23.9 Å². The summed E-state index contributed by atoms with van der Waals surface area (Å²) < 4.78 is 42.5. The Balaban J connectivity index is 1.34. The monoisotopic (exact) mass is 818 g/mol. The van der Waals surface area contributed by atoms with E-state index in [0.717, 1.165) is 12.2 Å². The van der Waals surface area contributed by atoms with Crippen LogP contribution < -0.4 is 18.9 Å². The Morgan fingerprint density at radius 2 is 1.00 bits per heavy atom. The summed E-state index contributed by atoms with van der Waals surface area (Å²) in [7, 11) is 0. The lowest BCUT2D eigenvalue weighted by Gasteiger charge is -2.12. The highest BCUT2D eigenvalue weighted by atomic mass is 35.5. The van der Waals surface area contributed by atoms with Crippen molar-refractivity contribution in [2.75, 3.05) is 52.9 Å². The third-order valence-corrected chi connectivity index (χ3v) is 7.84. The van der Waals surface area contributed by atoms with Crippen LogP contribution in [0.3, 0.4) is 0 Å². The number of carbonyl (C=O) groups is 4. The fourth-order valence-corrected chi connectivity index (χ4v) is 4.84. The molecule has 0 aliphatic heterocycles. The number of benzene rings is 3. The van der Waals surface area contributed by atoms with Crippen molar-refractivity contribution in [1.82, 2.24) is 0 Å². The maximum absolute atomic E-state index is 12.8. The second-order valence-corrected chi connectivity index (χ2v) is 12.6. The first-order valence-electron chi connectivity index (χ1n) is 17.5. The van der Waals surface area contributed by atoms with Gasteiger partial charge in [0.05, 0.1) is 47.6 Å². The van der Waals surface area contributed by atoms with Crippen LogP contribution >= 0.6 is 23.2 Å². The first kappa shape index (κ1) is 45.4. The maximum Gasteiger partial charge on any atom is 0.343 e. The molecule has 2 atom stereocenters. The van der Waals surface area contributed by atoms with Crippen molar-refractivity contribution in [1.29, 1.82) is 0 Å². The minimum absolute atomic E-state index is 0.0196. The number of unbranched alkanes of at least 4 members (excludes halogenated alkanes) is 2. The molecule has 0 aromatic heterocycles. The summed E-state index contributed by atoms with van der Waals surface area (Å²) in [6.45, 7) is 7.67. The summed E-state index contributed by atoms with van der Waals surface area (Å²) in [5, 5.41) is 19.9. The molecule has 3 aromatic carbocycles. The molecule has 2 unspecified atom stereocenters. The molecule has 56 heavy (non-hydrogen) atoms. The average molecular weight is 820 g/mol. The normalized spacial score (nSPS) is 11.8. The van der Waals surface area contributed by atoms with Gasteiger partial charge in [-0.2, -0.15) is 0 Å². The molecular weight excluding hydrogens is 775 g/mol. The number of aliphatic hydroxyl groups excluding tert-OH is 2. The number of hydrogen-bond acceptors (Lipinski definition) is 14. The summed E-state index contributed by atoms with van der Waals surface area (Å²) in [6.07, 6.45) is 2.73. The van der Waals surface area contributed by atoms with Crippen LogP contribution in [0.5, 0.6) is 23.0 Å². The van der Waals surface area contributed by atoms with E-state index in [1.807, 2.05) is 0 Å². The van der Waals surface area contributed by atoms with Crippen molar-refractivity contribution in [2.45, 2.75) is 37.9 Å². The van der Waals surface area contributed by atoms with Gasteiger partial charge in [-0.1, -0.05) is 36.4 Å². The zero-order chi connectivity index (χ0) is 40.7. The van der Waals surface area contributed by atoms with Crippen LogP contribution in [0.2, 0.25) is 10.0 Å². The topological polar surface area (TPSA) is 183 Å². The van der Waals surface area contributed by atoms with E-state index in [9.17, 15) is 29.4 Å². The molecule has 3 rings (SSSR count). The Morgan fingerprint density at radius 3 is 1.50 bits per heavy atom. The van der Waals surface area contributed by atoms with E-state index in [4.69, 9.17) is 61.1 Å². The molecule has 2 N–H and O–H groups in total. The molecule has 0 radical (unpaired) electrons. The van der Waals surface area contributed by atoms with E-state index in [2.05, 4.69) is 13.2 Å². The van der Waals surface area contributed by atoms with Gasteiger partial charge in [-0.05, 0) is 80.3 Å². The lowest BCUT2D eigenvalue weighted by Crippen LogP contribution is -2.23. The molecule has 0 saturated heterocycles. The van der Waals surface area contributed by atoms with Gasteiger partial charge in [-0.15, -0.1) is 0 Å². The van der Waals surface area contributed by atoms with Gasteiger partial charge in [-0.25, -0.2) is 19.2 Å². The summed E-state index contributed by atoms with van der Waals surface area (Å²) in [6, 6.07) is 14.9. The Kier molecular flexibility index (Phi) is 20.5. The third-order valence-electron chi connectivity index (χ3n) is 7.25. The first-order chi connectivity index (χ1) is 27.0. The number of rotatable bonds is 26. The average Bonchev–Trinajstić information content (AvgIpc) is 3.19. The summed E-state index contributed by atoms with van der Waals surface area (Å²) in [5.74, 6) is -1.38. The van der Waals surface area contributed by atoms with Gasteiger partial charge in [0.25, 0.3) is 0 Å². The predicted octanol–water partition coefficient (Wildman–Crippen LogP) is 5.96. The molecule has 0 saturated carbocycles. The third kappa shape index (κ3) is 17.2. The van der Waals surface area contributed by atoms with Crippen LogP contribution in [0.15, 0.2) is 86.0 Å². The van der Waals surface area contributed by atoms with Crippen molar-refractivity contribution in [2.24, 2.45) is 0 Å². The Labute approximate surface area is 334 Å². The van der Waals surface area contributed by atoms with Crippen LogP contribution in [-0.4, -0.2) is 99.2 Å². The van der Waals surface area contributed by atoms with Gasteiger partial charge in [0.15, 0.2) is 0 Å². The van der Waals surface area contributed by atoms with E-state index in [0.29, 0.717) is 63.6 Å². The second kappa shape index (κ2) is 25.2. The smallest absolute Gasteiger partial charge is 0.343 e. The van der Waals surface area contributed by atoms with Crippen molar-refractivity contribution >= 4 is 47.1 Å². The maximum atomic E-state index is 12.8. The van der Waals surface area contributed by atoms with E-state index in [1.165, 1.54) is 42.5 Å². The van der Waals surface area contributed by atoms with Crippen LogP contribution in [-0.2, 0) is 28.5 Å². The molecule has 302 valence electrons. The highest BCUT2D eigenvalue weighted by molar-refractivity contribution is 6.32. The number of aliphatic hydroxyl groups is 2. The van der Waals surface area contributed by atoms with Crippen LogP contribution in [0.1, 0.15) is 46.4 Å². The lowest BCUT2D eigenvalue weighted by atomic mass is 10.2. The molecule has 0 spiro atoms. The number of halogens is 2. The van der Waals surface area contributed by atoms with Gasteiger partial charge in [-0.3, -0.25) is 0 Å². The van der Waals surface area contributed by atoms with Crippen LogP contribution in [0.4, 0.5) is 0 Å². The second-order valence-electron chi connectivity index (χ2n) is 11.8. The molecule has 0 bridgehead atoms. The molecule has 0 aliphatic rings. The van der Waals surface area contributed by atoms with Crippen LogP contribution in [0, 0.1) is 0 Å². The number of esters is 4. The molecule has 0 heterocycles. The number of hydrogen-bond donors (Lipinski definition) is 2. The highest BCUT2D eigenvalue weighted by Crippen LogP contribution is 2.30. The van der Waals surface area contributed by atoms with Crippen molar-refractivity contribution in [3.8, 4) is 23.0 Å². The molecule has 0 aliphatic carbocycles. The molecule has 16 heteroatoms. The largest absolute Gasteiger partial charge is 0.492 e. The molecule has 14 nitrogen and oxygen atoms in total. The highest BCUT2D eigenvalue weighted by Gasteiger charge is 2.15. The van der Waals surface area contributed by atoms with E-state index in [-0.39, 0.29) is 59.1 Å². The number of carbonyl (C=O) groups excluding carboxylic acids is 4.